The maximum atomic E-state index is 11.3. The molecular formula is C13H20N2O2. The quantitative estimate of drug-likeness (QED) is 0.791. The van der Waals surface area contributed by atoms with Gasteiger partial charge in [-0.3, -0.25) is 4.79 Å². The van der Waals surface area contributed by atoms with E-state index in [4.69, 9.17) is 4.74 Å². The SMILES string of the molecule is CNC(=O)c1ccc(NCC(C)COC)cc1. The molecule has 0 heterocycles. The third-order valence-corrected chi connectivity index (χ3v) is 2.48. The Kier molecular flexibility index (Phi) is 5.49. The van der Waals surface area contributed by atoms with Crippen LogP contribution in [0.4, 0.5) is 5.69 Å². The van der Waals surface area contributed by atoms with E-state index in [2.05, 4.69) is 17.6 Å². The number of ether oxygens (including phenoxy) is 1. The number of anilines is 1. The zero-order chi connectivity index (χ0) is 12.7. The zero-order valence-electron chi connectivity index (χ0n) is 10.6. The predicted octanol–water partition coefficient (Wildman–Crippen LogP) is 1.74. The van der Waals surface area contributed by atoms with Crippen molar-refractivity contribution in [3.05, 3.63) is 29.8 Å². The third-order valence-electron chi connectivity index (χ3n) is 2.48. The van der Waals surface area contributed by atoms with Gasteiger partial charge < -0.3 is 15.4 Å². The van der Waals surface area contributed by atoms with E-state index in [9.17, 15) is 4.79 Å². The molecule has 1 unspecified atom stereocenters. The molecule has 0 radical (unpaired) electrons. The van der Waals surface area contributed by atoms with Crippen molar-refractivity contribution in [1.82, 2.24) is 5.32 Å². The van der Waals surface area contributed by atoms with E-state index in [1.807, 2.05) is 24.3 Å². The van der Waals surface area contributed by atoms with Crippen molar-refractivity contribution >= 4 is 11.6 Å². The van der Waals surface area contributed by atoms with Crippen molar-refractivity contribution in [2.24, 2.45) is 5.92 Å². The minimum Gasteiger partial charge on any atom is -0.385 e. The Morgan fingerprint density at radius 1 is 1.35 bits per heavy atom. The lowest BCUT2D eigenvalue weighted by molar-refractivity contribution is 0.0963. The van der Waals surface area contributed by atoms with Gasteiger partial charge in [0, 0.05) is 32.0 Å². The summed E-state index contributed by atoms with van der Waals surface area (Å²) in [6, 6.07) is 7.43. The van der Waals surface area contributed by atoms with Gasteiger partial charge in [0.2, 0.25) is 0 Å². The van der Waals surface area contributed by atoms with Crippen LogP contribution in [0.3, 0.4) is 0 Å². The molecular weight excluding hydrogens is 216 g/mol. The molecule has 1 atom stereocenters. The summed E-state index contributed by atoms with van der Waals surface area (Å²) >= 11 is 0. The van der Waals surface area contributed by atoms with E-state index in [0.29, 0.717) is 11.5 Å². The minimum absolute atomic E-state index is 0.0655. The molecule has 0 aromatic heterocycles. The highest BCUT2D eigenvalue weighted by Crippen LogP contribution is 2.10. The predicted molar refractivity (Wildman–Crippen MR) is 69.4 cm³/mol. The minimum atomic E-state index is -0.0655. The van der Waals surface area contributed by atoms with E-state index in [1.165, 1.54) is 0 Å². The van der Waals surface area contributed by atoms with Crippen LogP contribution >= 0.6 is 0 Å². The zero-order valence-corrected chi connectivity index (χ0v) is 10.6. The van der Waals surface area contributed by atoms with Crippen LogP contribution in [0.5, 0.6) is 0 Å². The maximum Gasteiger partial charge on any atom is 0.251 e. The van der Waals surface area contributed by atoms with Crippen molar-refractivity contribution in [3.8, 4) is 0 Å². The number of benzene rings is 1. The second-order valence-electron chi connectivity index (χ2n) is 4.10. The Morgan fingerprint density at radius 2 is 2.00 bits per heavy atom. The summed E-state index contributed by atoms with van der Waals surface area (Å²) < 4.78 is 5.06. The molecule has 0 saturated heterocycles. The first kappa shape index (κ1) is 13.5. The standard InChI is InChI=1S/C13H20N2O2/c1-10(9-17-3)8-15-12-6-4-11(5-7-12)13(16)14-2/h4-7,10,15H,8-9H2,1-3H3,(H,14,16). The molecule has 2 N–H and O–H groups in total. The second kappa shape index (κ2) is 6.91. The van der Waals surface area contributed by atoms with E-state index in [0.717, 1.165) is 18.8 Å². The van der Waals surface area contributed by atoms with Gasteiger partial charge in [-0.25, -0.2) is 0 Å². The number of carbonyl (C=O) groups excluding carboxylic acids is 1. The van der Waals surface area contributed by atoms with Crippen molar-refractivity contribution in [3.63, 3.8) is 0 Å². The number of carbonyl (C=O) groups is 1. The molecule has 1 aromatic rings. The highest BCUT2D eigenvalue weighted by molar-refractivity contribution is 5.94. The molecule has 0 saturated carbocycles. The second-order valence-corrected chi connectivity index (χ2v) is 4.10. The molecule has 17 heavy (non-hydrogen) atoms. The summed E-state index contributed by atoms with van der Waals surface area (Å²) in [6.45, 7) is 3.71. The van der Waals surface area contributed by atoms with Gasteiger partial charge >= 0.3 is 0 Å². The average Bonchev–Trinajstić information content (AvgIpc) is 2.36. The Balaban J connectivity index is 2.48. The summed E-state index contributed by atoms with van der Waals surface area (Å²) in [7, 11) is 3.33. The first-order chi connectivity index (χ1) is 8.17. The van der Waals surface area contributed by atoms with Gasteiger partial charge in [-0.2, -0.15) is 0 Å². The van der Waals surface area contributed by atoms with Crippen molar-refractivity contribution < 1.29 is 9.53 Å². The molecule has 0 aliphatic rings. The smallest absolute Gasteiger partial charge is 0.251 e. The maximum absolute atomic E-state index is 11.3. The number of amides is 1. The molecule has 94 valence electrons. The topological polar surface area (TPSA) is 50.4 Å². The lowest BCUT2D eigenvalue weighted by Gasteiger charge is -2.12. The molecule has 0 fully saturated rings. The van der Waals surface area contributed by atoms with Gasteiger partial charge in [0.25, 0.3) is 5.91 Å². The van der Waals surface area contributed by atoms with Gasteiger partial charge in [-0.05, 0) is 30.2 Å². The third kappa shape index (κ3) is 4.44. The van der Waals surface area contributed by atoms with Crippen molar-refractivity contribution in [1.29, 1.82) is 0 Å². The molecule has 1 amide bonds. The fourth-order valence-corrected chi connectivity index (χ4v) is 1.52. The van der Waals surface area contributed by atoms with Crippen LogP contribution in [-0.2, 0) is 4.74 Å². The molecule has 0 aliphatic heterocycles. The van der Waals surface area contributed by atoms with E-state index in [1.54, 1.807) is 14.2 Å². The number of methoxy groups -OCH3 is 1. The molecule has 1 aromatic carbocycles. The van der Waals surface area contributed by atoms with Gasteiger partial charge in [-0.15, -0.1) is 0 Å². The number of hydrogen-bond acceptors (Lipinski definition) is 3. The van der Waals surface area contributed by atoms with Crippen LogP contribution in [0.2, 0.25) is 0 Å². The van der Waals surface area contributed by atoms with Crippen LogP contribution in [0.25, 0.3) is 0 Å². The average molecular weight is 236 g/mol. The molecule has 1 rings (SSSR count). The van der Waals surface area contributed by atoms with Crippen LogP contribution in [0.15, 0.2) is 24.3 Å². The largest absolute Gasteiger partial charge is 0.385 e. The fourth-order valence-electron chi connectivity index (χ4n) is 1.52. The summed E-state index contributed by atoms with van der Waals surface area (Å²) in [6.07, 6.45) is 0. The van der Waals surface area contributed by atoms with E-state index in [-0.39, 0.29) is 5.91 Å². The normalized spacial score (nSPS) is 11.9. The highest BCUT2D eigenvalue weighted by Gasteiger charge is 2.03. The van der Waals surface area contributed by atoms with E-state index < -0.39 is 0 Å². The summed E-state index contributed by atoms with van der Waals surface area (Å²) in [5, 5.41) is 5.89. The first-order valence-electron chi connectivity index (χ1n) is 5.72. The summed E-state index contributed by atoms with van der Waals surface area (Å²) in [5.74, 6) is 0.392. The number of hydrogen-bond donors (Lipinski definition) is 2. The van der Waals surface area contributed by atoms with Crippen LogP contribution < -0.4 is 10.6 Å². The van der Waals surface area contributed by atoms with Gasteiger partial charge in [-0.1, -0.05) is 6.92 Å². The first-order valence-corrected chi connectivity index (χ1v) is 5.72. The van der Waals surface area contributed by atoms with Gasteiger partial charge in [0.15, 0.2) is 0 Å². The highest BCUT2D eigenvalue weighted by atomic mass is 16.5. The molecule has 0 bridgehead atoms. The van der Waals surface area contributed by atoms with Gasteiger partial charge in [0.1, 0.15) is 0 Å². The fraction of sp³-hybridized carbons (Fsp3) is 0.462. The molecule has 0 aliphatic carbocycles. The molecule has 4 nitrogen and oxygen atoms in total. The summed E-state index contributed by atoms with van der Waals surface area (Å²) in [4.78, 5) is 11.3. The van der Waals surface area contributed by atoms with Gasteiger partial charge in [0.05, 0.1) is 6.61 Å². The number of nitrogens with one attached hydrogen (secondary N) is 2. The van der Waals surface area contributed by atoms with Crippen LogP contribution in [-0.4, -0.2) is 33.2 Å². The van der Waals surface area contributed by atoms with Crippen molar-refractivity contribution in [2.75, 3.05) is 32.6 Å². The molecule has 0 spiro atoms. The van der Waals surface area contributed by atoms with Crippen molar-refractivity contribution in [2.45, 2.75) is 6.92 Å². The monoisotopic (exact) mass is 236 g/mol. The summed E-state index contributed by atoms with van der Waals surface area (Å²) in [5.41, 5.74) is 1.68. The molecule has 4 heteroatoms. The van der Waals surface area contributed by atoms with Crippen LogP contribution in [0.1, 0.15) is 17.3 Å². The number of rotatable bonds is 6. The Labute approximate surface area is 102 Å². The Morgan fingerprint density at radius 3 is 2.53 bits per heavy atom. The van der Waals surface area contributed by atoms with E-state index >= 15 is 0 Å². The Bertz CT molecular complexity index is 349. The lowest BCUT2D eigenvalue weighted by Crippen LogP contribution is -2.18. The van der Waals surface area contributed by atoms with Crippen LogP contribution in [0, 0.1) is 5.92 Å². The lowest BCUT2D eigenvalue weighted by atomic mass is 10.1. The Hall–Kier alpha value is -1.55.